The quantitative estimate of drug-likeness (QED) is 0.365. The molecule has 0 spiro atoms. The number of amides is 2. The van der Waals surface area contributed by atoms with Crippen molar-refractivity contribution in [2.45, 2.75) is 76.0 Å². The number of thiol groups is 1. The van der Waals surface area contributed by atoms with Crippen molar-refractivity contribution in [3.05, 3.63) is 0 Å². The van der Waals surface area contributed by atoms with Crippen LogP contribution in [0.2, 0.25) is 0 Å². The minimum atomic E-state index is -0.189. The summed E-state index contributed by atoms with van der Waals surface area (Å²) >= 11 is 5.48. The first kappa shape index (κ1) is 21.1. The molecular weight excluding hydrogens is 352 g/mol. The molecule has 25 heavy (non-hydrogen) atoms. The molecule has 2 aliphatic rings. The largest absolute Gasteiger partial charge is 0.303 e. The number of carbonyl (C=O) groups excluding carboxylic acids is 2. The number of thioether (sulfide) groups is 1. The van der Waals surface area contributed by atoms with Gasteiger partial charge < -0.3 is 4.90 Å². The number of carbonyl (C=O) groups is 2. The Hall–Kier alpha value is -0.200. The van der Waals surface area contributed by atoms with Gasteiger partial charge in [-0.3, -0.25) is 14.9 Å². The Morgan fingerprint density at radius 3 is 2.52 bits per heavy atom. The van der Waals surface area contributed by atoms with Crippen LogP contribution < -0.4 is 5.32 Å². The third-order valence-corrected chi connectivity index (χ3v) is 6.85. The molecule has 1 saturated heterocycles. The van der Waals surface area contributed by atoms with E-state index in [1.807, 2.05) is 0 Å². The van der Waals surface area contributed by atoms with Crippen LogP contribution in [0, 0.1) is 11.8 Å². The third-order valence-electron chi connectivity index (χ3n) is 5.55. The lowest BCUT2D eigenvalue weighted by molar-refractivity contribution is -0.119. The van der Waals surface area contributed by atoms with E-state index in [0.717, 1.165) is 48.7 Å². The highest BCUT2D eigenvalue weighted by Gasteiger charge is 2.34. The Bertz CT molecular complexity index is 443. The second-order valence-corrected chi connectivity index (χ2v) is 9.44. The topological polar surface area (TPSA) is 49.4 Å². The molecule has 0 aromatic rings. The molecule has 3 unspecified atom stereocenters. The number of rotatable bonds is 13. The summed E-state index contributed by atoms with van der Waals surface area (Å²) in [5.74, 6) is 2.57. The number of nitrogens with zero attached hydrogens (tertiary/aromatic N) is 1. The molecule has 1 saturated carbocycles. The zero-order chi connectivity index (χ0) is 18.2. The number of imide groups is 1. The summed E-state index contributed by atoms with van der Waals surface area (Å²) in [6.45, 7) is 3.36. The SMILES string of the molecule is CC(CCS)CCCCC(C1CC1)N(C)CCCC1SC(=O)NC1=O. The Balaban J connectivity index is 1.63. The van der Waals surface area contributed by atoms with E-state index >= 15 is 0 Å². The van der Waals surface area contributed by atoms with Crippen LogP contribution in [0.1, 0.15) is 64.7 Å². The number of hydrogen-bond acceptors (Lipinski definition) is 5. The molecule has 2 fully saturated rings. The first-order valence-electron chi connectivity index (χ1n) is 9.83. The van der Waals surface area contributed by atoms with Crippen molar-refractivity contribution in [2.75, 3.05) is 19.3 Å². The molecule has 144 valence electrons. The van der Waals surface area contributed by atoms with Crippen LogP contribution in [0.25, 0.3) is 0 Å². The lowest BCUT2D eigenvalue weighted by Gasteiger charge is -2.28. The molecule has 2 amide bonds. The van der Waals surface area contributed by atoms with Crippen LogP contribution in [0.3, 0.4) is 0 Å². The van der Waals surface area contributed by atoms with E-state index < -0.39 is 0 Å². The van der Waals surface area contributed by atoms with Crippen molar-refractivity contribution >= 4 is 35.5 Å². The van der Waals surface area contributed by atoms with Gasteiger partial charge in [-0.05, 0) is 69.7 Å². The first-order valence-corrected chi connectivity index (χ1v) is 11.3. The van der Waals surface area contributed by atoms with Crippen molar-refractivity contribution in [1.82, 2.24) is 10.2 Å². The predicted octanol–water partition coefficient (Wildman–Crippen LogP) is 4.35. The maximum atomic E-state index is 11.6. The maximum absolute atomic E-state index is 11.6. The Morgan fingerprint density at radius 1 is 1.20 bits per heavy atom. The lowest BCUT2D eigenvalue weighted by Crippen LogP contribution is -2.35. The molecule has 1 heterocycles. The average molecular weight is 387 g/mol. The fraction of sp³-hybridized carbons (Fsp3) is 0.895. The molecule has 0 radical (unpaired) electrons. The summed E-state index contributed by atoms with van der Waals surface area (Å²) in [4.78, 5) is 25.3. The fourth-order valence-corrected chi connectivity index (χ4v) is 5.09. The monoisotopic (exact) mass is 386 g/mol. The molecule has 4 nitrogen and oxygen atoms in total. The second kappa shape index (κ2) is 10.8. The van der Waals surface area contributed by atoms with Crippen LogP contribution in [-0.4, -0.2) is 46.7 Å². The van der Waals surface area contributed by atoms with Gasteiger partial charge in [0.1, 0.15) is 0 Å². The Kier molecular flexibility index (Phi) is 9.14. The van der Waals surface area contributed by atoms with Gasteiger partial charge >= 0.3 is 0 Å². The van der Waals surface area contributed by atoms with Gasteiger partial charge in [-0.2, -0.15) is 12.6 Å². The van der Waals surface area contributed by atoms with Crippen LogP contribution in [-0.2, 0) is 4.79 Å². The molecule has 6 heteroatoms. The highest BCUT2D eigenvalue weighted by Crippen LogP contribution is 2.37. The van der Waals surface area contributed by atoms with Crippen molar-refractivity contribution in [3.8, 4) is 0 Å². The van der Waals surface area contributed by atoms with Crippen LogP contribution in [0.15, 0.2) is 0 Å². The van der Waals surface area contributed by atoms with E-state index in [1.165, 1.54) is 44.9 Å². The van der Waals surface area contributed by atoms with Crippen molar-refractivity contribution < 1.29 is 9.59 Å². The highest BCUT2D eigenvalue weighted by atomic mass is 32.2. The molecule has 3 atom stereocenters. The van der Waals surface area contributed by atoms with E-state index in [0.29, 0.717) is 6.04 Å². The van der Waals surface area contributed by atoms with Crippen LogP contribution in [0.4, 0.5) is 4.79 Å². The number of hydrogen-bond donors (Lipinski definition) is 2. The normalized spacial score (nSPS) is 23.1. The highest BCUT2D eigenvalue weighted by molar-refractivity contribution is 8.15. The zero-order valence-corrected chi connectivity index (χ0v) is 17.4. The van der Waals surface area contributed by atoms with Crippen molar-refractivity contribution in [3.63, 3.8) is 0 Å². The Morgan fingerprint density at radius 2 is 1.92 bits per heavy atom. The van der Waals surface area contributed by atoms with Gasteiger partial charge in [-0.1, -0.05) is 37.9 Å². The molecule has 0 aromatic carbocycles. The van der Waals surface area contributed by atoms with Crippen molar-refractivity contribution in [2.24, 2.45) is 11.8 Å². The summed E-state index contributed by atoms with van der Waals surface area (Å²) in [6, 6.07) is 0.701. The van der Waals surface area contributed by atoms with Crippen molar-refractivity contribution in [1.29, 1.82) is 0 Å². The van der Waals surface area contributed by atoms with E-state index in [-0.39, 0.29) is 16.4 Å². The first-order chi connectivity index (χ1) is 12.0. The molecule has 1 aliphatic carbocycles. The van der Waals surface area contributed by atoms with Gasteiger partial charge in [0.15, 0.2) is 0 Å². The fourth-order valence-electron chi connectivity index (χ4n) is 3.78. The summed E-state index contributed by atoms with van der Waals surface area (Å²) in [7, 11) is 2.24. The smallest absolute Gasteiger partial charge is 0.286 e. The molecule has 2 rings (SSSR count). The van der Waals surface area contributed by atoms with Gasteiger partial charge in [0.2, 0.25) is 5.91 Å². The summed E-state index contributed by atoms with van der Waals surface area (Å²) in [5, 5.41) is 2.01. The Labute approximate surface area is 162 Å². The summed E-state index contributed by atoms with van der Waals surface area (Å²) < 4.78 is 0. The summed E-state index contributed by atoms with van der Waals surface area (Å²) in [5.41, 5.74) is 0. The molecule has 0 bridgehead atoms. The minimum Gasteiger partial charge on any atom is -0.303 e. The van der Waals surface area contributed by atoms with E-state index in [9.17, 15) is 9.59 Å². The molecule has 1 aliphatic heterocycles. The molecule has 1 N–H and O–H groups in total. The van der Waals surface area contributed by atoms with Gasteiger partial charge in [-0.15, -0.1) is 0 Å². The predicted molar refractivity (Wildman–Crippen MR) is 109 cm³/mol. The van der Waals surface area contributed by atoms with Gasteiger partial charge in [0, 0.05) is 6.04 Å². The number of unbranched alkanes of at least 4 members (excludes halogenated alkanes) is 1. The standard InChI is InChI=1S/C19H34N2O2S2/c1-14(11-13-24)6-3-4-7-16(15-9-10-15)21(2)12-5-8-17-18(22)20-19(23)25-17/h14-17,24H,3-13H2,1-2H3,(H,20,22,23). The van der Waals surface area contributed by atoms with Gasteiger partial charge in [0.25, 0.3) is 5.24 Å². The average Bonchev–Trinajstić information content (AvgIpc) is 3.33. The van der Waals surface area contributed by atoms with E-state index in [2.05, 4.69) is 36.8 Å². The van der Waals surface area contributed by atoms with Crippen LogP contribution >= 0.6 is 24.4 Å². The third kappa shape index (κ3) is 7.51. The van der Waals surface area contributed by atoms with E-state index in [4.69, 9.17) is 0 Å². The molecule has 0 aromatic heterocycles. The van der Waals surface area contributed by atoms with Crippen LogP contribution in [0.5, 0.6) is 0 Å². The summed E-state index contributed by atoms with van der Waals surface area (Å²) in [6.07, 6.45) is 11.0. The number of nitrogens with one attached hydrogen (secondary N) is 1. The second-order valence-electron chi connectivity index (χ2n) is 7.81. The van der Waals surface area contributed by atoms with E-state index in [1.54, 1.807) is 0 Å². The maximum Gasteiger partial charge on any atom is 0.286 e. The molecular formula is C19H34N2O2S2. The minimum absolute atomic E-state index is 0.105. The zero-order valence-electron chi connectivity index (χ0n) is 15.7. The lowest BCUT2D eigenvalue weighted by atomic mass is 9.97. The van der Waals surface area contributed by atoms with Gasteiger partial charge in [0.05, 0.1) is 5.25 Å². The van der Waals surface area contributed by atoms with Gasteiger partial charge in [-0.25, -0.2) is 0 Å².